The highest BCUT2D eigenvalue weighted by Crippen LogP contribution is 2.33. The fraction of sp³-hybridized carbons (Fsp3) is 0.273. The maximum absolute atomic E-state index is 5.95. The van der Waals surface area contributed by atoms with E-state index >= 15 is 0 Å². The smallest absolute Gasteiger partial charge is 0.149 e. The second kappa shape index (κ2) is 5.73. The minimum absolute atomic E-state index is 0.0113. The van der Waals surface area contributed by atoms with Crippen LogP contribution >= 0.6 is 49.9 Å². The van der Waals surface area contributed by atoms with E-state index in [9.17, 15) is 0 Å². The Bertz CT molecular complexity index is 529. The minimum atomic E-state index is -0.0113. The van der Waals surface area contributed by atoms with Crippen LogP contribution in [0, 0.1) is 3.57 Å². The van der Waals surface area contributed by atoms with Crippen LogP contribution in [0.5, 0.6) is 0 Å². The molecule has 6 heteroatoms. The molecule has 0 aliphatic carbocycles. The van der Waals surface area contributed by atoms with Gasteiger partial charge < -0.3 is 5.73 Å². The van der Waals surface area contributed by atoms with Crippen LogP contribution in [-0.2, 0) is 0 Å². The normalized spacial score (nSPS) is 12.7. The second-order valence-corrected chi connectivity index (χ2v) is 6.69. The van der Waals surface area contributed by atoms with E-state index in [0.29, 0.717) is 0 Å². The average molecular weight is 424 g/mol. The average Bonchev–Trinajstić information content (AvgIpc) is 2.80. The summed E-state index contributed by atoms with van der Waals surface area (Å²) in [6.07, 6.45) is 0.877. The van der Waals surface area contributed by atoms with Crippen LogP contribution < -0.4 is 5.73 Å². The molecule has 2 aromatic rings. The lowest BCUT2D eigenvalue weighted by Gasteiger charge is -2.02. The van der Waals surface area contributed by atoms with Crippen LogP contribution in [0.15, 0.2) is 22.7 Å². The highest BCUT2D eigenvalue weighted by Gasteiger charge is 2.13. The molecule has 0 spiro atoms. The predicted molar refractivity (Wildman–Crippen MR) is 83.0 cm³/mol. The van der Waals surface area contributed by atoms with Gasteiger partial charge >= 0.3 is 0 Å². The number of nitrogens with two attached hydrogens (primary N) is 1. The molecule has 0 saturated carbocycles. The van der Waals surface area contributed by atoms with Crippen molar-refractivity contribution in [3.8, 4) is 10.6 Å². The molecule has 0 fully saturated rings. The quantitative estimate of drug-likeness (QED) is 0.759. The van der Waals surface area contributed by atoms with E-state index in [4.69, 9.17) is 5.73 Å². The number of benzene rings is 1. The molecule has 0 amide bonds. The lowest BCUT2D eigenvalue weighted by Crippen LogP contribution is -2.07. The molecule has 1 unspecified atom stereocenters. The first kappa shape index (κ1) is 13.4. The van der Waals surface area contributed by atoms with Gasteiger partial charge in [0.15, 0.2) is 0 Å². The van der Waals surface area contributed by atoms with Crippen molar-refractivity contribution >= 4 is 49.9 Å². The highest BCUT2D eigenvalue weighted by atomic mass is 127. The molecule has 0 saturated heterocycles. The van der Waals surface area contributed by atoms with E-state index in [1.165, 1.54) is 3.57 Å². The van der Waals surface area contributed by atoms with Crippen molar-refractivity contribution in [1.82, 2.24) is 10.2 Å². The molecule has 90 valence electrons. The molecule has 1 aromatic heterocycles. The minimum Gasteiger partial charge on any atom is -0.322 e. The Labute approximate surface area is 126 Å². The van der Waals surface area contributed by atoms with Crippen molar-refractivity contribution in [2.24, 2.45) is 5.73 Å². The van der Waals surface area contributed by atoms with E-state index in [2.05, 4.69) is 54.8 Å². The van der Waals surface area contributed by atoms with E-state index in [1.807, 2.05) is 19.1 Å². The van der Waals surface area contributed by atoms with Crippen molar-refractivity contribution in [2.45, 2.75) is 19.4 Å². The molecular formula is C11H11BrIN3S. The summed E-state index contributed by atoms with van der Waals surface area (Å²) in [7, 11) is 0. The molecule has 1 heterocycles. The Morgan fingerprint density at radius 1 is 1.47 bits per heavy atom. The van der Waals surface area contributed by atoms with E-state index < -0.39 is 0 Å². The van der Waals surface area contributed by atoms with Crippen LogP contribution in [-0.4, -0.2) is 10.2 Å². The Kier molecular flexibility index (Phi) is 4.51. The summed E-state index contributed by atoms with van der Waals surface area (Å²) >= 11 is 7.38. The molecule has 0 aliphatic heterocycles. The van der Waals surface area contributed by atoms with Crippen LogP contribution in [0.4, 0.5) is 0 Å². The van der Waals surface area contributed by atoms with Crippen molar-refractivity contribution in [1.29, 1.82) is 0 Å². The third-order valence-corrected chi connectivity index (χ3v) is 4.81. The maximum Gasteiger partial charge on any atom is 0.149 e. The molecule has 3 nitrogen and oxygen atoms in total. The highest BCUT2D eigenvalue weighted by molar-refractivity contribution is 14.1. The van der Waals surface area contributed by atoms with Crippen LogP contribution in [0.1, 0.15) is 24.4 Å². The zero-order valence-electron chi connectivity index (χ0n) is 9.15. The van der Waals surface area contributed by atoms with Crippen LogP contribution in [0.25, 0.3) is 10.6 Å². The first-order valence-electron chi connectivity index (χ1n) is 5.16. The third kappa shape index (κ3) is 3.04. The summed E-state index contributed by atoms with van der Waals surface area (Å²) in [5.74, 6) is 0. The summed E-state index contributed by atoms with van der Waals surface area (Å²) < 4.78 is 2.21. The number of rotatable bonds is 3. The van der Waals surface area contributed by atoms with Gasteiger partial charge in [0.25, 0.3) is 0 Å². The number of nitrogens with zero attached hydrogens (tertiary/aromatic N) is 2. The first-order valence-corrected chi connectivity index (χ1v) is 7.85. The molecule has 2 N–H and O–H groups in total. The Hall–Kier alpha value is -0.0500. The Balaban J connectivity index is 2.40. The van der Waals surface area contributed by atoms with Crippen molar-refractivity contribution in [3.63, 3.8) is 0 Å². The third-order valence-electron chi connectivity index (χ3n) is 2.36. The lowest BCUT2D eigenvalue weighted by molar-refractivity contribution is 0.683. The zero-order chi connectivity index (χ0) is 12.4. The molecule has 0 bridgehead atoms. The van der Waals surface area contributed by atoms with Crippen molar-refractivity contribution in [2.75, 3.05) is 0 Å². The first-order chi connectivity index (χ1) is 8.11. The van der Waals surface area contributed by atoms with Gasteiger partial charge in [-0.15, -0.1) is 10.2 Å². The van der Waals surface area contributed by atoms with Gasteiger partial charge in [-0.25, -0.2) is 0 Å². The molecule has 2 rings (SSSR count). The zero-order valence-corrected chi connectivity index (χ0v) is 13.7. The van der Waals surface area contributed by atoms with Gasteiger partial charge in [0.1, 0.15) is 10.0 Å². The maximum atomic E-state index is 5.95. The van der Waals surface area contributed by atoms with Gasteiger partial charge in [-0.05, 0) is 47.2 Å². The van der Waals surface area contributed by atoms with Crippen molar-refractivity contribution < 1.29 is 0 Å². The molecule has 1 atom stereocenters. The van der Waals surface area contributed by atoms with Gasteiger partial charge in [0, 0.05) is 13.6 Å². The number of hydrogen-bond acceptors (Lipinski definition) is 4. The number of halogens is 2. The van der Waals surface area contributed by atoms with Crippen molar-refractivity contribution in [3.05, 3.63) is 31.2 Å². The second-order valence-electron chi connectivity index (χ2n) is 3.58. The van der Waals surface area contributed by atoms with Gasteiger partial charge in [0.2, 0.25) is 0 Å². The topological polar surface area (TPSA) is 51.8 Å². The van der Waals surface area contributed by atoms with Gasteiger partial charge in [-0.1, -0.05) is 34.2 Å². The SMILES string of the molecule is CCC(N)c1nnc(-c2cc(I)ccc2Br)s1. The summed E-state index contributed by atoms with van der Waals surface area (Å²) in [6.45, 7) is 2.05. The number of aromatic nitrogens is 2. The molecular weight excluding hydrogens is 413 g/mol. The largest absolute Gasteiger partial charge is 0.322 e. The Morgan fingerprint density at radius 3 is 2.94 bits per heavy atom. The van der Waals surface area contributed by atoms with E-state index in [-0.39, 0.29) is 6.04 Å². The molecule has 0 radical (unpaired) electrons. The molecule has 0 aliphatic rings. The van der Waals surface area contributed by atoms with Crippen LogP contribution in [0.2, 0.25) is 0 Å². The van der Waals surface area contributed by atoms with Gasteiger partial charge in [-0.2, -0.15) is 0 Å². The molecule has 17 heavy (non-hydrogen) atoms. The Morgan fingerprint density at radius 2 is 2.24 bits per heavy atom. The summed E-state index contributed by atoms with van der Waals surface area (Å²) in [5.41, 5.74) is 7.02. The monoisotopic (exact) mass is 423 g/mol. The predicted octanol–water partition coefficient (Wildman–Crippen LogP) is 3.98. The van der Waals surface area contributed by atoms with Gasteiger partial charge in [0.05, 0.1) is 6.04 Å². The summed E-state index contributed by atoms with van der Waals surface area (Å²) in [4.78, 5) is 0. The van der Waals surface area contributed by atoms with Crippen LogP contribution in [0.3, 0.4) is 0 Å². The molecule has 1 aromatic carbocycles. The lowest BCUT2D eigenvalue weighted by atomic mass is 10.2. The fourth-order valence-corrected chi connectivity index (χ4v) is 3.34. The van der Waals surface area contributed by atoms with E-state index in [0.717, 1.165) is 26.5 Å². The van der Waals surface area contributed by atoms with Gasteiger partial charge in [-0.3, -0.25) is 0 Å². The van der Waals surface area contributed by atoms with E-state index in [1.54, 1.807) is 11.3 Å². The number of hydrogen-bond donors (Lipinski definition) is 1. The fourth-order valence-electron chi connectivity index (χ4n) is 1.33. The standard InChI is InChI=1S/C11H11BrIN3S/c1-2-9(14)11-16-15-10(17-11)7-5-6(13)3-4-8(7)12/h3-5,9H,2,14H2,1H3. The summed E-state index contributed by atoms with van der Waals surface area (Å²) in [5, 5.41) is 10.2. The summed E-state index contributed by atoms with van der Waals surface area (Å²) in [6, 6.07) is 6.15.